The molecule has 0 aliphatic heterocycles. The van der Waals surface area contributed by atoms with E-state index in [9.17, 15) is 4.79 Å². The van der Waals surface area contributed by atoms with Crippen molar-refractivity contribution in [1.29, 1.82) is 0 Å². The van der Waals surface area contributed by atoms with E-state index in [0.717, 1.165) is 19.3 Å². The third kappa shape index (κ3) is 1.79. The third-order valence-electron chi connectivity index (χ3n) is 2.37. The zero-order valence-corrected chi connectivity index (χ0v) is 7.18. The van der Waals surface area contributed by atoms with Crippen molar-refractivity contribution in [3.05, 3.63) is 0 Å². The minimum atomic E-state index is 0.0359. The molecule has 0 aromatic rings. The standard InChI is InChI=1S/C8H16N2O/c1-9-6-4-3-5-7(11)8(6)10-2/h6,8-10H,3-5H2,1-2H3. The summed E-state index contributed by atoms with van der Waals surface area (Å²) in [5.74, 6) is 0.345. The highest BCUT2D eigenvalue weighted by Gasteiger charge is 2.28. The summed E-state index contributed by atoms with van der Waals surface area (Å²) in [5, 5.41) is 6.19. The molecule has 0 radical (unpaired) electrons. The Kier molecular flexibility index (Phi) is 3.02. The molecule has 0 bridgehead atoms. The Morgan fingerprint density at radius 1 is 1.36 bits per heavy atom. The second-order valence-corrected chi connectivity index (χ2v) is 3.02. The normalized spacial score (nSPS) is 32.4. The molecular formula is C8H16N2O. The highest BCUT2D eigenvalue weighted by Crippen LogP contribution is 2.14. The lowest BCUT2D eigenvalue weighted by atomic mass is 9.89. The van der Waals surface area contributed by atoms with Gasteiger partial charge in [0.1, 0.15) is 0 Å². The van der Waals surface area contributed by atoms with Gasteiger partial charge in [-0.2, -0.15) is 0 Å². The van der Waals surface area contributed by atoms with Crippen LogP contribution in [0.25, 0.3) is 0 Å². The highest BCUT2D eigenvalue weighted by molar-refractivity contribution is 5.85. The quantitative estimate of drug-likeness (QED) is 0.587. The van der Waals surface area contributed by atoms with Gasteiger partial charge >= 0.3 is 0 Å². The molecule has 2 N–H and O–H groups in total. The average Bonchev–Trinajstić information content (AvgIpc) is 2.04. The molecule has 0 saturated heterocycles. The minimum Gasteiger partial charge on any atom is -0.315 e. The lowest BCUT2D eigenvalue weighted by Crippen LogP contribution is -2.52. The van der Waals surface area contributed by atoms with Gasteiger partial charge in [0.15, 0.2) is 5.78 Å². The molecule has 0 aromatic carbocycles. The first-order valence-electron chi connectivity index (χ1n) is 4.17. The third-order valence-corrected chi connectivity index (χ3v) is 2.37. The van der Waals surface area contributed by atoms with Gasteiger partial charge in [0.05, 0.1) is 6.04 Å². The first-order valence-corrected chi connectivity index (χ1v) is 4.17. The van der Waals surface area contributed by atoms with Gasteiger partial charge in [-0.15, -0.1) is 0 Å². The number of Topliss-reactive ketones (excluding diaryl/α,β-unsaturated/α-hetero) is 1. The lowest BCUT2D eigenvalue weighted by molar-refractivity contribution is -0.123. The summed E-state index contributed by atoms with van der Waals surface area (Å²) in [6.45, 7) is 0. The monoisotopic (exact) mass is 156 g/mol. The van der Waals surface area contributed by atoms with Crippen LogP contribution in [0, 0.1) is 0 Å². The average molecular weight is 156 g/mol. The van der Waals surface area contributed by atoms with Crippen molar-refractivity contribution in [1.82, 2.24) is 10.6 Å². The van der Waals surface area contributed by atoms with E-state index in [1.54, 1.807) is 0 Å². The van der Waals surface area contributed by atoms with Crippen LogP contribution < -0.4 is 10.6 Å². The fraction of sp³-hybridized carbons (Fsp3) is 0.875. The van der Waals surface area contributed by atoms with Gasteiger partial charge in [0.25, 0.3) is 0 Å². The molecule has 0 heterocycles. The van der Waals surface area contributed by atoms with Crippen LogP contribution in [-0.2, 0) is 4.79 Å². The number of rotatable bonds is 2. The molecule has 11 heavy (non-hydrogen) atoms. The van der Waals surface area contributed by atoms with Crippen LogP contribution in [0.1, 0.15) is 19.3 Å². The van der Waals surface area contributed by atoms with Crippen LogP contribution >= 0.6 is 0 Å². The van der Waals surface area contributed by atoms with Crippen LogP contribution in [-0.4, -0.2) is 32.0 Å². The largest absolute Gasteiger partial charge is 0.315 e. The van der Waals surface area contributed by atoms with E-state index in [-0.39, 0.29) is 6.04 Å². The topological polar surface area (TPSA) is 41.1 Å². The molecule has 1 saturated carbocycles. The van der Waals surface area contributed by atoms with Crippen molar-refractivity contribution in [3.8, 4) is 0 Å². The maximum atomic E-state index is 11.3. The molecule has 2 atom stereocenters. The van der Waals surface area contributed by atoms with E-state index in [4.69, 9.17) is 0 Å². The molecule has 3 heteroatoms. The molecule has 1 rings (SSSR count). The molecule has 2 unspecified atom stereocenters. The van der Waals surface area contributed by atoms with Gasteiger partial charge in [-0.05, 0) is 26.9 Å². The lowest BCUT2D eigenvalue weighted by Gasteiger charge is -2.29. The van der Waals surface area contributed by atoms with E-state index in [2.05, 4.69) is 10.6 Å². The summed E-state index contributed by atoms with van der Waals surface area (Å²) < 4.78 is 0. The summed E-state index contributed by atoms with van der Waals surface area (Å²) in [5.41, 5.74) is 0. The van der Waals surface area contributed by atoms with Crippen molar-refractivity contribution in [2.45, 2.75) is 31.3 Å². The molecule has 0 aromatic heterocycles. The van der Waals surface area contributed by atoms with Gasteiger partial charge < -0.3 is 10.6 Å². The second kappa shape index (κ2) is 3.83. The summed E-state index contributed by atoms with van der Waals surface area (Å²) in [7, 11) is 3.76. The van der Waals surface area contributed by atoms with Gasteiger partial charge in [-0.3, -0.25) is 4.79 Å². The summed E-state index contributed by atoms with van der Waals surface area (Å²) in [6, 6.07) is 0.370. The SMILES string of the molecule is CNC1CCCC(=O)C1NC. The maximum Gasteiger partial charge on any atom is 0.151 e. The molecule has 64 valence electrons. The number of ketones is 1. The van der Waals surface area contributed by atoms with Crippen molar-refractivity contribution in [3.63, 3.8) is 0 Å². The number of hydrogen-bond acceptors (Lipinski definition) is 3. The van der Waals surface area contributed by atoms with Crippen LogP contribution in [0.2, 0.25) is 0 Å². The van der Waals surface area contributed by atoms with Crippen LogP contribution in [0.5, 0.6) is 0 Å². The summed E-state index contributed by atoms with van der Waals surface area (Å²) in [4.78, 5) is 11.3. The smallest absolute Gasteiger partial charge is 0.151 e. The van der Waals surface area contributed by atoms with E-state index < -0.39 is 0 Å². The van der Waals surface area contributed by atoms with Crippen LogP contribution in [0.15, 0.2) is 0 Å². The van der Waals surface area contributed by atoms with Crippen molar-refractivity contribution in [2.24, 2.45) is 0 Å². The Balaban J connectivity index is 2.56. The number of carbonyl (C=O) groups is 1. The fourth-order valence-corrected chi connectivity index (χ4v) is 1.72. The molecule has 0 spiro atoms. The Labute approximate surface area is 67.5 Å². The number of likely N-dealkylation sites (N-methyl/N-ethyl adjacent to an activating group) is 2. The summed E-state index contributed by atoms with van der Waals surface area (Å²) >= 11 is 0. The second-order valence-electron chi connectivity index (χ2n) is 3.02. The predicted molar refractivity (Wildman–Crippen MR) is 44.6 cm³/mol. The Hall–Kier alpha value is -0.410. The van der Waals surface area contributed by atoms with Gasteiger partial charge in [-0.25, -0.2) is 0 Å². The maximum absolute atomic E-state index is 11.3. The fourth-order valence-electron chi connectivity index (χ4n) is 1.72. The van der Waals surface area contributed by atoms with E-state index in [1.807, 2.05) is 14.1 Å². The van der Waals surface area contributed by atoms with Crippen molar-refractivity contribution < 1.29 is 4.79 Å². The number of carbonyl (C=O) groups excluding carboxylic acids is 1. The zero-order chi connectivity index (χ0) is 8.27. The molecule has 3 nitrogen and oxygen atoms in total. The summed E-state index contributed by atoms with van der Waals surface area (Å²) in [6.07, 6.45) is 2.87. The highest BCUT2D eigenvalue weighted by atomic mass is 16.1. The molecule has 1 aliphatic rings. The van der Waals surface area contributed by atoms with E-state index >= 15 is 0 Å². The Morgan fingerprint density at radius 3 is 2.55 bits per heavy atom. The van der Waals surface area contributed by atoms with E-state index in [0.29, 0.717) is 11.8 Å². The number of nitrogens with one attached hydrogen (secondary N) is 2. The first-order chi connectivity index (χ1) is 5.29. The van der Waals surface area contributed by atoms with Crippen LogP contribution in [0.3, 0.4) is 0 Å². The first kappa shape index (κ1) is 8.68. The van der Waals surface area contributed by atoms with Crippen molar-refractivity contribution >= 4 is 5.78 Å². The molecule has 1 fully saturated rings. The van der Waals surface area contributed by atoms with E-state index in [1.165, 1.54) is 0 Å². The van der Waals surface area contributed by atoms with Gasteiger partial charge in [0.2, 0.25) is 0 Å². The zero-order valence-electron chi connectivity index (χ0n) is 7.18. The minimum absolute atomic E-state index is 0.0359. The van der Waals surface area contributed by atoms with Crippen molar-refractivity contribution in [2.75, 3.05) is 14.1 Å². The van der Waals surface area contributed by atoms with Crippen LogP contribution in [0.4, 0.5) is 0 Å². The number of hydrogen-bond donors (Lipinski definition) is 2. The molecule has 0 amide bonds. The Morgan fingerprint density at radius 2 is 2.09 bits per heavy atom. The predicted octanol–water partition coefficient (Wildman–Crippen LogP) is -0.0846. The van der Waals surface area contributed by atoms with Gasteiger partial charge in [-0.1, -0.05) is 0 Å². The Bertz CT molecular complexity index is 147. The molecular weight excluding hydrogens is 140 g/mol. The van der Waals surface area contributed by atoms with Gasteiger partial charge in [0, 0.05) is 12.5 Å². The molecule has 1 aliphatic carbocycles.